The Bertz CT molecular complexity index is 1120. The van der Waals surface area contributed by atoms with Crippen LogP contribution in [0.25, 0.3) is 11.4 Å². The van der Waals surface area contributed by atoms with E-state index < -0.39 is 17.7 Å². The number of carbonyl (C=O) groups excluding carboxylic acids is 2. The number of aromatic nitrogens is 2. The van der Waals surface area contributed by atoms with Gasteiger partial charge in [-0.15, -0.1) is 0 Å². The van der Waals surface area contributed by atoms with Gasteiger partial charge in [0.15, 0.2) is 11.4 Å². The van der Waals surface area contributed by atoms with Crippen LogP contribution < -0.4 is 15.4 Å². The molecule has 0 saturated heterocycles. The molecule has 0 radical (unpaired) electrons. The largest absolute Gasteiger partial charge is 0.474 e. The van der Waals surface area contributed by atoms with Crippen LogP contribution in [0.3, 0.4) is 0 Å². The summed E-state index contributed by atoms with van der Waals surface area (Å²) in [6.45, 7) is 7.32. The van der Waals surface area contributed by atoms with Crippen molar-refractivity contribution in [2.45, 2.75) is 64.7 Å². The first-order valence-corrected chi connectivity index (χ1v) is 11.6. The van der Waals surface area contributed by atoms with Crippen LogP contribution >= 0.6 is 0 Å². The molecule has 1 aliphatic rings. The number of rotatable bonds is 7. The molecular formula is C25H31N5O5. The maximum atomic E-state index is 12.8. The molecule has 0 aliphatic heterocycles. The lowest BCUT2D eigenvalue weighted by Crippen LogP contribution is -2.38. The minimum Gasteiger partial charge on any atom is -0.474 e. The molecule has 1 aromatic heterocycles. The Hall–Kier alpha value is -3.87. The van der Waals surface area contributed by atoms with Gasteiger partial charge in [-0.25, -0.2) is 14.6 Å². The molecule has 0 bridgehead atoms. The first kappa shape index (κ1) is 25.7. The fourth-order valence-electron chi connectivity index (χ4n) is 3.76. The average molecular weight is 482 g/mol. The van der Waals surface area contributed by atoms with Crippen molar-refractivity contribution in [1.82, 2.24) is 15.3 Å². The maximum Gasteiger partial charge on any atom is 0.407 e. The third-order valence-corrected chi connectivity index (χ3v) is 5.23. The SMILES string of the molecule is CCOC(=O)c1c(NC)nc(-c2cccc(C#N)c2)nc1OC1CCC(NC(=O)OC(C)(C)C)C1. The number of esters is 1. The highest BCUT2D eigenvalue weighted by Gasteiger charge is 2.32. The van der Waals surface area contributed by atoms with E-state index in [4.69, 9.17) is 14.2 Å². The summed E-state index contributed by atoms with van der Waals surface area (Å²) >= 11 is 0. The molecule has 1 saturated carbocycles. The summed E-state index contributed by atoms with van der Waals surface area (Å²) in [6.07, 6.45) is 1.11. The van der Waals surface area contributed by atoms with Crippen molar-refractivity contribution in [2.75, 3.05) is 19.0 Å². The van der Waals surface area contributed by atoms with E-state index in [0.717, 1.165) is 0 Å². The van der Waals surface area contributed by atoms with Crippen molar-refractivity contribution in [3.8, 4) is 23.3 Å². The molecule has 2 N–H and O–H groups in total. The molecule has 1 heterocycles. The van der Waals surface area contributed by atoms with E-state index >= 15 is 0 Å². The summed E-state index contributed by atoms with van der Waals surface area (Å²) < 4.78 is 16.8. The quantitative estimate of drug-likeness (QED) is 0.561. The van der Waals surface area contributed by atoms with E-state index in [2.05, 4.69) is 26.7 Å². The van der Waals surface area contributed by atoms with Gasteiger partial charge >= 0.3 is 12.1 Å². The van der Waals surface area contributed by atoms with Gasteiger partial charge in [-0.05, 0) is 52.7 Å². The summed E-state index contributed by atoms with van der Waals surface area (Å²) in [4.78, 5) is 33.9. The van der Waals surface area contributed by atoms with Crippen LogP contribution in [-0.4, -0.2) is 53.4 Å². The first-order chi connectivity index (χ1) is 16.6. The Kier molecular flexibility index (Phi) is 8.12. The molecule has 1 aliphatic carbocycles. The van der Waals surface area contributed by atoms with E-state index in [0.29, 0.717) is 36.2 Å². The van der Waals surface area contributed by atoms with Crippen molar-refractivity contribution in [2.24, 2.45) is 0 Å². The van der Waals surface area contributed by atoms with Crippen LogP contribution in [0.1, 0.15) is 62.9 Å². The van der Waals surface area contributed by atoms with Gasteiger partial charge in [-0.3, -0.25) is 0 Å². The average Bonchev–Trinajstić information content (AvgIpc) is 3.23. The zero-order chi connectivity index (χ0) is 25.6. The lowest BCUT2D eigenvalue weighted by molar-refractivity contribution is 0.0501. The van der Waals surface area contributed by atoms with E-state index in [1.807, 2.05) is 20.8 Å². The standard InChI is InChI=1S/C25H31N5O5/c1-6-33-23(31)19-21(27-5)29-20(16-9-7-8-15(12-16)14-26)30-22(19)34-18-11-10-17(13-18)28-24(32)35-25(2,3)4/h7-9,12,17-18H,6,10-11,13H2,1-5H3,(H,28,32)(H,27,29,30). The zero-order valence-corrected chi connectivity index (χ0v) is 20.7. The second-order valence-electron chi connectivity index (χ2n) is 9.14. The Morgan fingerprint density at radius 1 is 1.23 bits per heavy atom. The molecule has 1 fully saturated rings. The van der Waals surface area contributed by atoms with Gasteiger partial charge in [-0.1, -0.05) is 12.1 Å². The minimum absolute atomic E-state index is 0.0862. The lowest BCUT2D eigenvalue weighted by Gasteiger charge is -2.22. The van der Waals surface area contributed by atoms with Gasteiger partial charge in [0, 0.05) is 25.1 Å². The summed E-state index contributed by atoms with van der Waals surface area (Å²) in [5, 5.41) is 15.0. The summed E-state index contributed by atoms with van der Waals surface area (Å²) in [6, 6.07) is 8.83. The van der Waals surface area contributed by atoms with E-state index in [1.165, 1.54) is 0 Å². The molecule has 1 aromatic carbocycles. The Labute approximate surface area is 205 Å². The predicted molar refractivity (Wildman–Crippen MR) is 129 cm³/mol. The highest BCUT2D eigenvalue weighted by Crippen LogP contribution is 2.32. The summed E-state index contributed by atoms with van der Waals surface area (Å²) in [5.74, 6) is 0.0387. The van der Waals surface area contributed by atoms with Gasteiger partial charge in [0.2, 0.25) is 5.88 Å². The monoisotopic (exact) mass is 481 g/mol. The Morgan fingerprint density at radius 3 is 2.66 bits per heavy atom. The van der Waals surface area contributed by atoms with Crippen molar-refractivity contribution >= 4 is 17.9 Å². The second kappa shape index (κ2) is 11.0. The summed E-state index contributed by atoms with van der Waals surface area (Å²) in [7, 11) is 1.64. The number of benzene rings is 1. The van der Waals surface area contributed by atoms with Gasteiger partial charge in [0.25, 0.3) is 0 Å². The highest BCUT2D eigenvalue weighted by molar-refractivity contribution is 5.97. The highest BCUT2D eigenvalue weighted by atomic mass is 16.6. The topological polar surface area (TPSA) is 135 Å². The number of nitrogens with zero attached hydrogens (tertiary/aromatic N) is 3. The number of hydrogen-bond acceptors (Lipinski definition) is 9. The number of alkyl carbamates (subject to hydrolysis) is 1. The van der Waals surface area contributed by atoms with Crippen molar-refractivity contribution in [3.05, 3.63) is 35.4 Å². The molecule has 2 atom stereocenters. The normalized spacial score (nSPS) is 17.3. The van der Waals surface area contributed by atoms with Crippen molar-refractivity contribution in [1.29, 1.82) is 5.26 Å². The molecule has 2 aromatic rings. The molecular weight excluding hydrogens is 450 g/mol. The molecule has 10 nitrogen and oxygen atoms in total. The van der Waals surface area contributed by atoms with Crippen LogP contribution in [-0.2, 0) is 9.47 Å². The molecule has 2 unspecified atom stereocenters. The lowest BCUT2D eigenvalue weighted by atomic mass is 10.1. The smallest absolute Gasteiger partial charge is 0.407 e. The fraction of sp³-hybridized carbons (Fsp3) is 0.480. The Morgan fingerprint density at radius 2 is 2.00 bits per heavy atom. The van der Waals surface area contributed by atoms with Crippen LogP contribution in [0.4, 0.5) is 10.6 Å². The molecule has 10 heteroatoms. The van der Waals surface area contributed by atoms with Crippen LogP contribution in [0.15, 0.2) is 24.3 Å². The molecule has 35 heavy (non-hydrogen) atoms. The number of nitrogens with one attached hydrogen (secondary N) is 2. The predicted octanol–water partition coefficient (Wildman–Crippen LogP) is 4.06. The van der Waals surface area contributed by atoms with Gasteiger partial charge in [0.05, 0.1) is 18.2 Å². The number of carbonyl (C=O) groups is 2. The van der Waals surface area contributed by atoms with Gasteiger partial charge in [-0.2, -0.15) is 10.2 Å². The third-order valence-electron chi connectivity index (χ3n) is 5.23. The van der Waals surface area contributed by atoms with Crippen molar-refractivity contribution in [3.63, 3.8) is 0 Å². The zero-order valence-electron chi connectivity index (χ0n) is 20.7. The molecule has 3 rings (SSSR count). The number of nitriles is 1. The maximum absolute atomic E-state index is 12.8. The van der Waals surface area contributed by atoms with Crippen LogP contribution in [0, 0.1) is 11.3 Å². The van der Waals surface area contributed by atoms with E-state index in [9.17, 15) is 14.9 Å². The number of anilines is 1. The summed E-state index contributed by atoms with van der Waals surface area (Å²) in [5.41, 5.74) is 0.576. The van der Waals surface area contributed by atoms with E-state index in [1.54, 1.807) is 38.2 Å². The van der Waals surface area contributed by atoms with Gasteiger partial charge < -0.3 is 24.8 Å². The van der Waals surface area contributed by atoms with Crippen molar-refractivity contribution < 1.29 is 23.8 Å². The van der Waals surface area contributed by atoms with Crippen LogP contribution in [0.2, 0.25) is 0 Å². The van der Waals surface area contributed by atoms with E-state index in [-0.39, 0.29) is 36.0 Å². The number of amides is 1. The number of hydrogen-bond donors (Lipinski definition) is 2. The van der Waals surface area contributed by atoms with Gasteiger partial charge in [0.1, 0.15) is 17.5 Å². The minimum atomic E-state index is -0.606. The first-order valence-electron chi connectivity index (χ1n) is 11.6. The third kappa shape index (κ3) is 6.82. The molecule has 186 valence electrons. The van der Waals surface area contributed by atoms with Crippen LogP contribution in [0.5, 0.6) is 5.88 Å². The molecule has 0 spiro atoms. The molecule has 1 amide bonds. The number of ether oxygens (including phenoxy) is 3. The second-order valence-corrected chi connectivity index (χ2v) is 9.14. The fourth-order valence-corrected chi connectivity index (χ4v) is 3.76. The Balaban J connectivity index is 1.88.